The number of anilines is 1. The lowest BCUT2D eigenvalue weighted by atomic mass is 9.94. The Labute approximate surface area is 122 Å². The van der Waals surface area contributed by atoms with Crippen molar-refractivity contribution >= 4 is 5.69 Å². The number of benzene rings is 1. The number of hydrogen-bond donors (Lipinski definition) is 2. The zero-order chi connectivity index (χ0) is 14.4. The van der Waals surface area contributed by atoms with Gasteiger partial charge in [-0.15, -0.1) is 0 Å². The van der Waals surface area contributed by atoms with Crippen LogP contribution in [0.2, 0.25) is 0 Å². The summed E-state index contributed by atoms with van der Waals surface area (Å²) in [4.78, 5) is 0. The predicted octanol–water partition coefficient (Wildman–Crippen LogP) is 3.97. The first-order chi connectivity index (χ1) is 9.57. The van der Waals surface area contributed by atoms with Crippen molar-refractivity contribution in [1.29, 1.82) is 0 Å². The number of hydrogen-bond acceptors (Lipinski definition) is 3. The lowest BCUT2D eigenvalue weighted by Gasteiger charge is -2.27. The molecule has 0 saturated heterocycles. The van der Waals surface area contributed by atoms with Gasteiger partial charge in [-0.3, -0.25) is 0 Å². The zero-order valence-electron chi connectivity index (χ0n) is 12.7. The molecule has 0 amide bonds. The van der Waals surface area contributed by atoms with Crippen molar-refractivity contribution in [2.24, 2.45) is 0 Å². The summed E-state index contributed by atoms with van der Waals surface area (Å²) >= 11 is 0. The first kappa shape index (κ1) is 15.2. The molecule has 2 N–H and O–H groups in total. The van der Waals surface area contributed by atoms with E-state index in [1.807, 2.05) is 38.1 Å². The number of nitrogens with one attached hydrogen (secondary N) is 1. The highest BCUT2D eigenvalue weighted by Gasteiger charge is 2.27. The van der Waals surface area contributed by atoms with Crippen molar-refractivity contribution in [3.8, 4) is 5.75 Å². The Balaban J connectivity index is 1.86. The van der Waals surface area contributed by atoms with E-state index in [0.717, 1.165) is 37.1 Å². The topological polar surface area (TPSA) is 41.5 Å². The molecule has 0 aliphatic heterocycles. The molecule has 1 aromatic carbocycles. The van der Waals surface area contributed by atoms with E-state index < -0.39 is 5.60 Å². The third-order valence-corrected chi connectivity index (χ3v) is 3.88. The summed E-state index contributed by atoms with van der Waals surface area (Å²) in [7, 11) is 0. The molecule has 0 unspecified atom stereocenters. The van der Waals surface area contributed by atoms with Gasteiger partial charge in [0.15, 0.2) is 0 Å². The number of aliphatic hydroxyl groups is 1. The van der Waals surface area contributed by atoms with Gasteiger partial charge < -0.3 is 15.2 Å². The van der Waals surface area contributed by atoms with E-state index in [9.17, 15) is 5.11 Å². The first-order valence-electron chi connectivity index (χ1n) is 7.80. The third-order valence-electron chi connectivity index (χ3n) is 3.88. The molecule has 1 saturated carbocycles. The van der Waals surface area contributed by atoms with Crippen LogP contribution < -0.4 is 10.1 Å². The van der Waals surface area contributed by atoms with Gasteiger partial charge >= 0.3 is 0 Å². The maximum Gasteiger partial charge on any atom is 0.119 e. The van der Waals surface area contributed by atoms with Crippen LogP contribution in [-0.2, 0) is 0 Å². The molecule has 0 spiro atoms. The van der Waals surface area contributed by atoms with Gasteiger partial charge in [0.2, 0.25) is 0 Å². The SMILES string of the molecule is CC(C)Oc1ccc(NCC2(O)CCCCCC2)cc1. The van der Waals surface area contributed by atoms with E-state index in [2.05, 4.69) is 5.32 Å². The molecular formula is C17H27NO2. The summed E-state index contributed by atoms with van der Waals surface area (Å²) < 4.78 is 5.62. The van der Waals surface area contributed by atoms with Crippen molar-refractivity contribution in [3.05, 3.63) is 24.3 Å². The van der Waals surface area contributed by atoms with Gasteiger partial charge in [-0.05, 0) is 51.0 Å². The van der Waals surface area contributed by atoms with Crippen molar-refractivity contribution in [2.75, 3.05) is 11.9 Å². The van der Waals surface area contributed by atoms with Crippen LogP contribution in [0.1, 0.15) is 52.4 Å². The molecule has 20 heavy (non-hydrogen) atoms. The molecule has 1 aliphatic carbocycles. The lowest BCUT2D eigenvalue weighted by Crippen LogP contribution is -2.36. The molecule has 1 aliphatic rings. The minimum atomic E-state index is -0.538. The average Bonchev–Trinajstić information content (AvgIpc) is 2.63. The van der Waals surface area contributed by atoms with Gasteiger partial charge in [0.25, 0.3) is 0 Å². The van der Waals surface area contributed by atoms with Crippen LogP contribution in [-0.4, -0.2) is 23.4 Å². The Morgan fingerprint density at radius 1 is 1.10 bits per heavy atom. The van der Waals surface area contributed by atoms with E-state index in [1.165, 1.54) is 12.8 Å². The Kier molecular flexibility index (Phi) is 5.30. The van der Waals surface area contributed by atoms with Gasteiger partial charge in [0.1, 0.15) is 5.75 Å². The second-order valence-electron chi connectivity index (χ2n) is 6.18. The predicted molar refractivity (Wildman–Crippen MR) is 83.3 cm³/mol. The van der Waals surface area contributed by atoms with Gasteiger partial charge in [-0.1, -0.05) is 25.7 Å². The smallest absolute Gasteiger partial charge is 0.119 e. The van der Waals surface area contributed by atoms with E-state index in [0.29, 0.717) is 6.54 Å². The van der Waals surface area contributed by atoms with E-state index in [1.54, 1.807) is 0 Å². The van der Waals surface area contributed by atoms with E-state index >= 15 is 0 Å². The number of ether oxygens (including phenoxy) is 1. The minimum Gasteiger partial charge on any atom is -0.491 e. The highest BCUT2D eigenvalue weighted by Crippen LogP contribution is 2.27. The Morgan fingerprint density at radius 2 is 1.70 bits per heavy atom. The normalized spacial score (nSPS) is 18.6. The van der Waals surface area contributed by atoms with Crippen molar-refractivity contribution in [2.45, 2.75) is 64.1 Å². The van der Waals surface area contributed by atoms with Crippen LogP contribution in [0.15, 0.2) is 24.3 Å². The minimum absolute atomic E-state index is 0.195. The standard InChI is InChI=1S/C17H27NO2/c1-14(2)20-16-9-7-15(8-10-16)18-13-17(19)11-5-3-4-6-12-17/h7-10,14,18-19H,3-6,11-13H2,1-2H3. The quantitative estimate of drug-likeness (QED) is 0.800. The largest absolute Gasteiger partial charge is 0.491 e. The maximum atomic E-state index is 10.6. The average molecular weight is 277 g/mol. The maximum absolute atomic E-state index is 10.6. The summed E-state index contributed by atoms with van der Waals surface area (Å²) in [6, 6.07) is 7.97. The number of rotatable bonds is 5. The Morgan fingerprint density at radius 3 is 2.25 bits per heavy atom. The zero-order valence-corrected chi connectivity index (χ0v) is 12.7. The van der Waals surface area contributed by atoms with Crippen molar-refractivity contribution in [3.63, 3.8) is 0 Å². The van der Waals surface area contributed by atoms with E-state index in [-0.39, 0.29) is 6.10 Å². The second-order valence-corrected chi connectivity index (χ2v) is 6.18. The molecule has 2 rings (SSSR count). The van der Waals surface area contributed by atoms with Crippen LogP contribution in [0.5, 0.6) is 5.75 Å². The van der Waals surface area contributed by atoms with Gasteiger partial charge in [-0.2, -0.15) is 0 Å². The summed E-state index contributed by atoms with van der Waals surface area (Å²) in [5, 5.41) is 14.0. The molecule has 0 heterocycles. The molecule has 112 valence electrons. The Hall–Kier alpha value is -1.22. The molecule has 0 atom stereocenters. The van der Waals surface area contributed by atoms with Crippen LogP contribution in [0.3, 0.4) is 0 Å². The van der Waals surface area contributed by atoms with Crippen LogP contribution in [0.4, 0.5) is 5.69 Å². The second kappa shape index (κ2) is 6.98. The van der Waals surface area contributed by atoms with Crippen LogP contribution in [0.25, 0.3) is 0 Å². The highest BCUT2D eigenvalue weighted by atomic mass is 16.5. The fourth-order valence-electron chi connectivity index (χ4n) is 2.75. The molecule has 0 radical (unpaired) electrons. The molecular weight excluding hydrogens is 250 g/mol. The Bertz CT molecular complexity index is 392. The summed E-state index contributed by atoms with van der Waals surface area (Å²) in [6.07, 6.45) is 6.80. The molecule has 1 fully saturated rings. The molecule has 3 nitrogen and oxygen atoms in total. The molecule has 0 bridgehead atoms. The summed E-state index contributed by atoms with van der Waals surface area (Å²) in [6.45, 7) is 4.68. The lowest BCUT2D eigenvalue weighted by molar-refractivity contribution is 0.0381. The monoisotopic (exact) mass is 277 g/mol. The van der Waals surface area contributed by atoms with Gasteiger partial charge in [-0.25, -0.2) is 0 Å². The fraction of sp³-hybridized carbons (Fsp3) is 0.647. The molecule has 1 aromatic rings. The first-order valence-corrected chi connectivity index (χ1v) is 7.80. The van der Waals surface area contributed by atoms with Crippen molar-refractivity contribution < 1.29 is 9.84 Å². The third kappa shape index (κ3) is 4.71. The van der Waals surface area contributed by atoms with Crippen molar-refractivity contribution in [1.82, 2.24) is 0 Å². The van der Waals surface area contributed by atoms with E-state index in [4.69, 9.17) is 4.74 Å². The molecule has 0 aromatic heterocycles. The van der Waals surface area contributed by atoms with Crippen LogP contribution >= 0.6 is 0 Å². The fourth-order valence-corrected chi connectivity index (χ4v) is 2.75. The van der Waals surface area contributed by atoms with Gasteiger partial charge in [0.05, 0.1) is 11.7 Å². The highest BCUT2D eigenvalue weighted by molar-refractivity contribution is 5.46. The summed E-state index contributed by atoms with van der Waals surface area (Å²) in [5.74, 6) is 0.888. The summed E-state index contributed by atoms with van der Waals surface area (Å²) in [5.41, 5.74) is 0.502. The van der Waals surface area contributed by atoms with Crippen LogP contribution in [0, 0.1) is 0 Å². The molecule has 3 heteroatoms. The van der Waals surface area contributed by atoms with Gasteiger partial charge in [0, 0.05) is 12.2 Å².